The first-order chi connectivity index (χ1) is 19.7. The van der Waals surface area contributed by atoms with Gasteiger partial charge in [-0.1, -0.05) is 12.1 Å². The van der Waals surface area contributed by atoms with Crippen LogP contribution in [0.3, 0.4) is 0 Å². The fraction of sp³-hybridized carbons (Fsp3) is 0.250. The number of nitro benzene ring substituents is 2. The first-order valence-corrected chi connectivity index (χ1v) is 12.5. The van der Waals surface area contributed by atoms with Gasteiger partial charge in [-0.25, -0.2) is 5.01 Å². The van der Waals surface area contributed by atoms with Crippen LogP contribution in [0.25, 0.3) is 0 Å². The molecule has 1 atom stereocenters. The van der Waals surface area contributed by atoms with Crippen molar-refractivity contribution in [3.63, 3.8) is 0 Å². The molecule has 0 aromatic heterocycles. The average molecular weight is 562 g/mol. The van der Waals surface area contributed by atoms with Crippen molar-refractivity contribution in [2.24, 2.45) is 5.10 Å². The fourth-order valence-electron chi connectivity index (χ4n) is 4.40. The molecule has 0 fully saturated rings. The van der Waals surface area contributed by atoms with E-state index in [0.29, 0.717) is 28.2 Å². The number of nitro groups is 2. The lowest BCUT2D eigenvalue weighted by atomic mass is 9.98. The van der Waals surface area contributed by atoms with E-state index >= 15 is 0 Å². The maximum atomic E-state index is 13.7. The van der Waals surface area contributed by atoms with Gasteiger partial charge in [-0.3, -0.25) is 29.8 Å². The molecule has 4 rings (SSSR count). The van der Waals surface area contributed by atoms with Gasteiger partial charge in [-0.2, -0.15) is 5.10 Å². The summed E-state index contributed by atoms with van der Waals surface area (Å²) in [4.78, 5) is 49.9. The fourth-order valence-corrected chi connectivity index (χ4v) is 4.40. The third-order valence-electron chi connectivity index (χ3n) is 6.56. The second-order valence-corrected chi connectivity index (χ2v) is 9.11. The van der Waals surface area contributed by atoms with Gasteiger partial charge < -0.3 is 14.4 Å². The van der Waals surface area contributed by atoms with E-state index in [2.05, 4.69) is 5.10 Å². The Hall–Kier alpha value is -5.17. The highest BCUT2D eigenvalue weighted by atomic mass is 16.6. The number of nitrogens with zero attached hydrogens (tertiary/aromatic N) is 5. The standard InChI is InChI=1S/C28H27N5O8/c1-40-15-14-30(28(35)20-8-12-24(41-2)13-9-20)18-27(34)31-26(21-4-3-5-23(16-21)33(38)39)17-25(29-31)19-6-10-22(11-7-19)32(36)37/h3-13,16,26H,14-15,17-18H2,1-2H3/t26-/m1/s1. The van der Waals surface area contributed by atoms with Gasteiger partial charge in [0.1, 0.15) is 12.3 Å². The van der Waals surface area contributed by atoms with Gasteiger partial charge in [0.05, 0.1) is 35.3 Å². The summed E-state index contributed by atoms with van der Waals surface area (Å²) in [5.41, 5.74) is 1.62. The van der Waals surface area contributed by atoms with Crippen LogP contribution in [0, 0.1) is 20.2 Å². The van der Waals surface area contributed by atoms with Gasteiger partial charge in [0.25, 0.3) is 23.2 Å². The highest BCUT2D eigenvalue weighted by Crippen LogP contribution is 2.34. The summed E-state index contributed by atoms with van der Waals surface area (Å²) in [7, 11) is 3.00. The summed E-state index contributed by atoms with van der Waals surface area (Å²) in [6, 6.07) is 17.4. The molecule has 0 saturated heterocycles. The van der Waals surface area contributed by atoms with Crippen molar-refractivity contribution in [1.29, 1.82) is 0 Å². The molecule has 1 aliphatic rings. The summed E-state index contributed by atoms with van der Waals surface area (Å²) in [6.07, 6.45) is 0.204. The van der Waals surface area contributed by atoms with E-state index in [0.717, 1.165) is 0 Å². The molecular weight excluding hydrogens is 534 g/mol. The van der Waals surface area contributed by atoms with Crippen LogP contribution in [0.1, 0.15) is 33.9 Å². The number of hydrogen-bond acceptors (Lipinski definition) is 9. The van der Waals surface area contributed by atoms with E-state index in [9.17, 15) is 29.8 Å². The highest BCUT2D eigenvalue weighted by Gasteiger charge is 2.35. The van der Waals surface area contributed by atoms with Crippen molar-refractivity contribution in [3.8, 4) is 5.75 Å². The van der Waals surface area contributed by atoms with Crippen LogP contribution >= 0.6 is 0 Å². The van der Waals surface area contributed by atoms with Crippen LogP contribution in [-0.2, 0) is 9.53 Å². The zero-order valence-electron chi connectivity index (χ0n) is 22.3. The minimum Gasteiger partial charge on any atom is -0.497 e. The van der Waals surface area contributed by atoms with Crippen LogP contribution in [0.4, 0.5) is 11.4 Å². The van der Waals surface area contributed by atoms with E-state index in [1.807, 2.05) is 0 Å². The Morgan fingerprint density at radius 2 is 1.66 bits per heavy atom. The van der Waals surface area contributed by atoms with Gasteiger partial charge in [0.15, 0.2) is 0 Å². The van der Waals surface area contributed by atoms with Gasteiger partial charge in [0, 0.05) is 49.9 Å². The Morgan fingerprint density at radius 1 is 0.976 bits per heavy atom. The second kappa shape index (κ2) is 12.8. The number of carbonyl (C=O) groups excluding carboxylic acids is 2. The summed E-state index contributed by atoms with van der Waals surface area (Å²) in [6.45, 7) is -0.0289. The van der Waals surface area contributed by atoms with Gasteiger partial charge in [0.2, 0.25) is 0 Å². The molecule has 3 aromatic rings. The van der Waals surface area contributed by atoms with Gasteiger partial charge in [-0.15, -0.1) is 0 Å². The van der Waals surface area contributed by atoms with Crippen LogP contribution in [0.5, 0.6) is 5.75 Å². The minimum absolute atomic E-state index is 0.0960. The maximum absolute atomic E-state index is 13.7. The molecule has 1 aliphatic heterocycles. The molecule has 0 bridgehead atoms. The molecule has 0 saturated carbocycles. The molecule has 0 aliphatic carbocycles. The Morgan fingerprint density at radius 3 is 2.27 bits per heavy atom. The van der Waals surface area contributed by atoms with E-state index in [1.54, 1.807) is 30.3 Å². The van der Waals surface area contributed by atoms with E-state index in [4.69, 9.17) is 9.47 Å². The number of amides is 2. The van der Waals surface area contributed by atoms with Crippen LogP contribution in [-0.4, -0.2) is 71.2 Å². The zero-order valence-corrected chi connectivity index (χ0v) is 22.3. The number of hydrazone groups is 1. The lowest BCUT2D eigenvalue weighted by Crippen LogP contribution is -2.42. The Labute approximate surface area is 234 Å². The zero-order chi connectivity index (χ0) is 29.5. The normalized spacial score (nSPS) is 14.3. The molecule has 2 amide bonds. The molecule has 0 radical (unpaired) electrons. The Balaban J connectivity index is 1.66. The van der Waals surface area contributed by atoms with Crippen LogP contribution < -0.4 is 4.74 Å². The number of hydrogen-bond donors (Lipinski definition) is 0. The summed E-state index contributed by atoms with van der Waals surface area (Å²) < 4.78 is 10.3. The number of ether oxygens (including phenoxy) is 2. The van der Waals surface area contributed by atoms with Crippen molar-refractivity contribution >= 4 is 28.9 Å². The van der Waals surface area contributed by atoms with Crippen molar-refractivity contribution < 1.29 is 28.9 Å². The summed E-state index contributed by atoms with van der Waals surface area (Å²) in [5, 5.41) is 28.3. The summed E-state index contributed by atoms with van der Waals surface area (Å²) in [5.74, 6) is -0.342. The van der Waals surface area contributed by atoms with E-state index in [-0.39, 0.29) is 37.5 Å². The predicted molar refractivity (Wildman–Crippen MR) is 148 cm³/mol. The number of carbonyl (C=O) groups is 2. The minimum atomic E-state index is -0.701. The summed E-state index contributed by atoms with van der Waals surface area (Å²) >= 11 is 0. The van der Waals surface area contributed by atoms with Crippen LogP contribution in [0.15, 0.2) is 77.9 Å². The van der Waals surface area contributed by atoms with Crippen molar-refractivity contribution in [3.05, 3.63) is 110 Å². The predicted octanol–water partition coefficient (Wildman–Crippen LogP) is 3.98. The third-order valence-corrected chi connectivity index (χ3v) is 6.56. The third kappa shape index (κ3) is 6.70. The molecule has 1 heterocycles. The number of non-ortho nitro benzene ring substituents is 2. The first-order valence-electron chi connectivity index (χ1n) is 12.5. The molecule has 0 spiro atoms. The molecule has 3 aromatic carbocycles. The van der Waals surface area contributed by atoms with E-state index < -0.39 is 27.7 Å². The van der Waals surface area contributed by atoms with Crippen molar-refractivity contribution in [2.75, 3.05) is 33.9 Å². The molecule has 0 N–H and O–H groups in total. The average Bonchev–Trinajstić information content (AvgIpc) is 3.45. The topological polar surface area (TPSA) is 158 Å². The molecule has 0 unspecified atom stereocenters. The number of benzene rings is 3. The van der Waals surface area contributed by atoms with Crippen LogP contribution in [0.2, 0.25) is 0 Å². The van der Waals surface area contributed by atoms with Crippen molar-refractivity contribution in [2.45, 2.75) is 12.5 Å². The molecule has 13 heteroatoms. The lowest BCUT2D eigenvalue weighted by molar-refractivity contribution is -0.385. The second-order valence-electron chi connectivity index (χ2n) is 9.11. The van der Waals surface area contributed by atoms with Gasteiger partial charge >= 0.3 is 0 Å². The molecule has 212 valence electrons. The first kappa shape index (κ1) is 28.8. The monoisotopic (exact) mass is 561 g/mol. The Kier molecular flexibility index (Phi) is 8.99. The maximum Gasteiger partial charge on any atom is 0.269 e. The van der Waals surface area contributed by atoms with Gasteiger partial charge in [-0.05, 0) is 47.5 Å². The smallest absolute Gasteiger partial charge is 0.269 e. The van der Waals surface area contributed by atoms with Crippen molar-refractivity contribution in [1.82, 2.24) is 9.91 Å². The molecule has 41 heavy (non-hydrogen) atoms. The largest absolute Gasteiger partial charge is 0.497 e. The van der Waals surface area contributed by atoms with E-state index in [1.165, 1.54) is 66.6 Å². The highest BCUT2D eigenvalue weighted by molar-refractivity contribution is 6.04. The quantitative estimate of drug-likeness (QED) is 0.251. The number of rotatable bonds is 11. The lowest BCUT2D eigenvalue weighted by Gasteiger charge is -2.27. The number of methoxy groups -OCH3 is 2. The molecular formula is C28H27N5O8. The Bertz CT molecular complexity index is 1470. The molecule has 13 nitrogen and oxygen atoms in total. The SMILES string of the molecule is COCCN(CC(=O)N1N=C(c2ccc([N+](=O)[O-])cc2)C[C@@H]1c1cccc([N+](=O)[O-])c1)C(=O)c1ccc(OC)cc1.